The van der Waals surface area contributed by atoms with Crippen LogP contribution in [0.25, 0.3) is 0 Å². The van der Waals surface area contributed by atoms with Crippen LogP contribution in [0.4, 0.5) is 5.69 Å². The molecule has 19 heavy (non-hydrogen) atoms. The predicted molar refractivity (Wildman–Crippen MR) is 75.9 cm³/mol. The molecule has 1 heterocycles. The van der Waals surface area contributed by atoms with Crippen LogP contribution in [0.15, 0.2) is 18.2 Å². The van der Waals surface area contributed by atoms with Gasteiger partial charge in [-0.2, -0.15) is 0 Å². The summed E-state index contributed by atoms with van der Waals surface area (Å²) in [6.07, 6.45) is 0.907. The monoisotopic (exact) mass is 280 g/mol. The number of ketones is 1. The maximum absolute atomic E-state index is 11.3. The number of nitrogens with one attached hydrogen (secondary N) is 1. The van der Waals surface area contributed by atoms with Crippen LogP contribution >= 0.6 is 11.6 Å². The number of rotatable bonds is 3. The molecular formula is C14H17ClN2O2. The van der Waals surface area contributed by atoms with Crippen molar-refractivity contribution in [1.29, 1.82) is 0 Å². The number of hydrogen-bond acceptors (Lipinski definition) is 3. The molecule has 0 aromatic heterocycles. The largest absolute Gasteiger partial charge is 0.368 e. The summed E-state index contributed by atoms with van der Waals surface area (Å²) < 4.78 is 0. The van der Waals surface area contributed by atoms with Gasteiger partial charge < -0.3 is 10.2 Å². The first kappa shape index (κ1) is 13.9. The first-order valence-electron chi connectivity index (χ1n) is 6.30. The molecule has 1 fully saturated rings. The standard InChI is InChI=1S/C14H17ClN2O2/c1-9(18)11-3-4-14(13(15)7-11)17-6-5-12(8-17)16-10(2)19/h3-4,7,12H,5-6,8H2,1-2H3,(H,16,19). The van der Waals surface area contributed by atoms with Crippen LogP contribution in [0.2, 0.25) is 5.02 Å². The lowest BCUT2D eigenvalue weighted by Crippen LogP contribution is -2.35. The van der Waals surface area contributed by atoms with E-state index in [1.54, 1.807) is 12.1 Å². The van der Waals surface area contributed by atoms with Crippen LogP contribution in [0.3, 0.4) is 0 Å². The zero-order valence-corrected chi connectivity index (χ0v) is 11.8. The maximum atomic E-state index is 11.3. The van der Waals surface area contributed by atoms with E-state index in [9.17, 15) is 9.59 Å². The number of carbonyl (C=O) groups is 2. The molecule has 1 unspecified atom stereocenters. The zero-order valence-electron chi connectivity index (χ0n) is 11.1. The summed E-state index contributed by atoms with van der Waals surface area (Å²) in [5.41, 5.74) is 1.53. The molecule has 1 aromatic carbocycles. The highest BCUT2D eigenvalue weighted by Gasteiger charge is 2.24. The number of halogens is 1. The normalized spacial score (nSPS) is 18.5. The van der Waals surface area contributed by atoms with Crippen LogP contribution in [0.1, 0.15) is 30.6 Å². The second-order valence-electron chi connectivity index (χ2n) is 4.85. The lowest BCUT2D eigenvalue weighted by Gasteiger charge is -2.20. The van der Waals surface area contributed by atoms with E-state index in [1.165, 1.54) is 13.8 Å². The van der Waals surface area contributed by atoms with Gasteiger partial charge in [-0.25, -0.2) is 0 Å². The first-order valence-corrected chi connectivity index (χ1v) is 6.67. The topological polar surface area (TPSA) is 49.4 Å². The summed E-state index contributed by atoms with van der Waals surface area (Å²) in [5, 5.41) is 3.49. The van der Waals surface area contributed by atoms with Crippen molar-refractivity contribution in [3.8, 4) is 0 Å². The van der Waals surface area contributed by atoms with Crippen LogP contribution in [-0.4, -0.2) is 30.8 Å². The van der Waals surface area contributed by atoms with E-state index < -0.39 is 0 Å². The summed E-state index contributed by atoms with van der Waals surface area (Å²) in [6, 6.07) is 5.52. The van der Waals surface area contributed by atoms with Gasteiger partial charge in [0.1, 0.15) is 0 Å². The van der Waals surface area contributed by atoms with Crippen LogP contribution in [-0.2, 0) is 4.79 Å². The second-order valence-corrected chi connectivity index (χ2v) is 5.26. The predicted octanol–water partition coefficient (Wildman–Crippen LogP) is 2.26. The molecule has 0 radical (unpaired) electrons. The number of nitrogens with zero attached hydrogens (tertiary/aromatic N) is 1. The number of anilines is 1. The Morgan fingerprint density at radius 2 is 2.11 bits per heavy atom. The molecule has 1 aliphatic rings. The number of benzene rings is 1. The summed E-state index contributed by atoms with van der Waals surface area (Å²) in [5.74, 6) is -0.00382. The number of Topliss-reactive ketones (excluding diaryl/α,β-unsaturated/α-hetero) is 1. The third-order valence-electron chi connectivity index (χ3n) is 3.29. The average molecular weight is 281 g/mol. The first-order chi connectivity index (χ1) is 8.97. The molecule has 1 saturated heterocycles. The van der Waals surface area contributed by atoms with Gasteiger partial charge in [0, 0.05) is 31.6 Å². The van der Waals surface area contributed by atoms with E-state index >= 15 is 0 Å². The fourth-order valence-corrected chi connectivity index (χ4v) is 2.67. The molecule has 4 nitrogen and oxygen atoms in total. The van der Waals surface area contributed by atoms with Crippen molar-refractivity contribution in [3.63, 3.8) is 0 Å². The van der Waals surface area contributed by atoms with Gasteiger partial charge in [-0.3, -0.25) is 9.59 Å². The smallest absolute Gasteiger partial charge is 0.217 e. The van der Waals surface area contributed by atoms with Crippen LogP contribution < -0.4 is 10.2 Å². The minimum Gasteiger partial charge on any atom is -0.368 e. The lowest BCUT2D eigenvalue weighted by atomic mass is 10.1. The van der Waals surface area contributed by atoms with Crippen molar-refractivity contribution in [2.45, 2.75) is 26.3 Å². The number of hydrogen-bond donors (Lipinski definition) is 1. The Kier molecular flexibility index (Phi) is 4.10. The van der Waals surface area contributed by atoms with Crippen LogP contribution in [0.5, 0.6) is 0 Å². The van der Waals surface area contributed by atoms with Gasteiger partial charge in [-0.15, -0.1) is 0 Å². The summed E-state index contributed by atoms with van der Waals surface area (Å²) >= 11 is 6.23. The summed E-state index contributed by atoms with van der Waals surface area (Å²) in [4.78, 5) is 24.5. The van der Waals surface area contributed by atoms with Gasteiger partial charge >= 0.3 is 0 Å². The quantitative estimate of drug-likeness (QED) is 0.864. The molecule has 102 valence electrons. The highest BCUT2D eigenvalue weighted by molar-refractivity contribution is 6.33. The van der Waals surface area contributed by atoms with Gasteiger partial charge in [0.05, 0.1) is 10.7 Å². The van der Waals surface area contributed by atoms with Gasteiger partial charge in [-0.05, 0) is 31.5 Å². The number of amides is 1. The molecular weight excluding hydrogens is 264 g/mol. The van der Waals surface area contributed by atoms with E-state index in [-0.39, 0.29) is 17.7 Å². The third kappa shape index (κ3) is 3.26. The minimum absolute atomic E-state index is 0.00555. The molecule has 1 aromatic rings. The lowest BCUT2D eigenvalue weighted by molar-refractivity contribution is -0.119. The highest BCUT2D eigenvalue weighted by atomic mass is 35.5. The third-order valence-corrected chi connectivity index (χ3v) is 3.59. The maximum Gasteiger partial charge on any atom is 0.217 e. The van der Waals surface area contributed by atoms with Crippen molar-refractivity contribution in [3.05, 3.63) is 28.8 Å². The second kappa shape index (κ2) is 5.61. The minimum atomic E-state index is -0.00938. The molecule has 1 atom stereocenters. The Labute approximate surface area is 117 Å². The Morgan fingerprint density at radius 3 is 2.68 bits per heavy atom. The van der Waals surface area contributed by atoms with E-state index in [0.717, 1.165) is 25.2 Å². The molecule has 1 N–H and O–H groups in total. The van der Waals surface area contributed by atoms with Crippen molar-refractivity contribution >= 4 is 29.0 Å². The Morgan fingerprint density at radius 1 is 1.37 bits per heavy atom. The average Bonchev–Trinajstić information content (AvgIpc) is 2.76. The van der Waals surface area contributed by atoms with Crippen LogP contribution in [0, 0.1) is 0 Å². The van der Waals surface area contributed by atoms with Crippen molar-refractivity contribution in [2.24, 2.45) is 0 Å². The highest BCUT2D eigenvalue weighted by Crippen LogP contribution is 2.29. The molecule has 1 aliphatic heterocycles. The summed E-state index contributed by atoms with van der Waals surface area (Å²) in [6.45, 7) is 4.65. The van der Waals surface area contributed by atoms with Gasteiger partial charge in [0.2, 0.25) is 5.91 Å². The van der Waals surface area contributed by atoms with E-state index in [1.807, 2.05) is 6.07 Å². The Hall–Kier alpha value is -1.55. The fourth-order valence-electron chi connectivity index (χ4n) is 2.37. The van der Waals surface area contributed by atoms with E-state index in [0.29, 0.717) is 10.6 Å². The molecule has 0 saturated carbocycles. The molecule has 5 heteroatoms. The van der Waals surface area contributed by atoms with E-state index in [4.69, 9.17) is 11.6 Å². The summed E-state index contributed by atoms with van der Waals surface area (Å²) in [7, 11) is 0. The molecule has 0 bridgehead atoms. The van der Waals surface area contributed by atoms with Crippen molar-refractivity contribution < 1.29 is 9.59 Å². The van der Waals surface area contributed by atoms with Gasteiger partial charge in [0.15, 0.2) is 5.78 Å². The molecule has 0 aliphatic carbocycles. The molecule has 2 rings (SSSR count). The molecule has 1 amide bonds. The van der Waals surface area contributed by atoms with Gasteiger partial charge in [-0.1, -0.05) is 11.6 Å². The van der Waals surface area contributed by atoms with E-state index in [2.05, 4.69) is 10.2 Å². The molecule has 0 spiro atoms. The Bertz CT molecular complexity index is 516. The van der Waals surface area contributed by atoms with Crippen molar-refractivity contribution in [1.82, 2.24) is 5.32 Å². The number of carbonyl (C=O) groups excluding carboxylic acids is 2. The van der Waals surface area contributed by atoms with Gasteiger partial charge in [0.25, 0.3) is 0 Å². The zero-order chi connectivity index (χ0) is 14.0. The Balaban J connectivity index is 2.11. The SMILES string of the molecule is CC(=O)NC1CCN(c2ccc(C(C)=O)cc2Cl)C1. The van der Waals surface area contributed by atoms with Crippen molar-refractivity contribution in [2.75, 3.05) is 18.0 Å². The fraction of sp³-hybridized carbons (Fsp3) is 0.429.